The molecule has 5 heteroatoms. The molecule has 1 aromatic carbocycles. The standard InChI is InChI=1S/C15H18N2OS2/c1-11-7-8-20-14(11)10-17(2)15(19)16-12-5-4-6-13(9-12)18-3/h4-9H,10H2,1-3H3,(H,16,19). The van der Waals surface area contributed by atoms with Crippen LogP contribution in [0.4, 0.5) is 5.69 Å². The van der Waals surface area contributed by atoms with Crippen molar-refractivity contribution >= 4 is 34.4 Å². The first-order chi connectivity index (χ1) is 9.60. The first kappa shape index (κ1) is 14.8. The molecule has 0 aliphatic carbocycles. The highest BCUT2D eigenvalue weighted by Crippen LogP contribution is 2.19. The van der Waals surface area contributed by atoms with Crippen molar-refractivity contribution in [2.45, 2.75) is 13.5 Å². The third kappa shape index (κ3) is 3.71. The molecule has 0 radical (unpaired) electrons. The van der Waals surface area contributed by atoms with Gasteiger partial charge in [0.15, 0.2) is 5.11 Å². The predicted octanol–water partition coefficient (Wildman–Crippen LogP) is 3.89. The van der Waals surface area contributed by atoms with E-state index in [-0.39, 0.29) is 0 Å². The van der Waals surface area contributed by atoms with Gasteiger partial charge in [0.1, 0.15) is 5.75 Å². The molecule has 106 valence electrons. The van der Waals surface area contributed by atoms with Crippen LogP contribution >= 0.6 is 23.6 Å². The molecule has 1 aromatic heterocycles. The van der Waals surface area contributed by atoms with E-state index in [4.69, 9.17) is 17.0 Å². The minimum atomic E-state index is 0.700. The minimum absolute atomic E-state index is 0.700. The van der Waals surface area contributed by atoms with Crippen LogP contribution in [0.3, 0.4) is 0 Å². The molecule has 3 nitrogen and oxygen atoms in total. The number of hydrogen-bond donors (Lipinski definition) is 1. The van der Waals surface area contributed by atoms with Crippen molar-refractivity contribution in [3.8, 4) is 5.75 Å². The number of anilines is 1. The molecule has 0 aliphatic heterocycles. The summed E-state index contributed by atoms with van der Waals surface area (Å²) in [6.07, 6.45) is 0. The van der Waals surface area contributed by atoms with Gasteiger partial charge in [-0.3, -0.25) is 0 Å². The summed E-state index contributed by atoms with van der Waals surface area (Å²) >= 11 is 7.19. The van der Waals surface area contributed by atoms with E-state index in [1.807, 2.05) is 36.2 Å². The number of thiophene rings is 1. The molecule has 2 aromatic rings. The van der Waals surface area contributed by atoms with Crippen molar-refractivity contribution in [2.75, 3.05) is 19.5 Å². The number of benzene rings is 1. The lowest BCUT2D eigenvalue weighted by molar-refractivity contribution is 0.415. The van der Waals surface area contributed by atoms with Gasteiger partial charge in [0.25, 0.3) is 0 Å². The molecule has 0 unspecified atom stereocenters. The molecule has 0 spiro atoms. The van der Waals surface area contributed by atoms with Crippen molar-refractivity contribution in [1.29, 1.82) is 0 Å². The largest absolute Gasteiger partial charge is 0.497 e. The fourth-order valence-corrected chi connectivity index (χ4v) is 2.91. The SMILES string of the molecule is COc1cccc(NC(=S)N(C)Cc2sccc2C)c1. The Kier molecular flexibility index (Phi) is 4.98. The number of nitrogens with one attached hydrogen (secondary N) is 1. The van der Waals surface area contributed by atoms with E-state index in [0.29, 0.717) is 5.11 Å². The lowest BCUT2D eigenvalue weighted by Gasteiger charge is -2.21. The fraction of sp³-hybridized carbons (Fsp3) is 0.267. The quantitative estimate of drug-likeness (QED) is 0.866. The van der Waals surface area contributed by atoms with Gasteiger partial charge in [-0.05, 0) is 48.3 Å². The zero-order chi connectivity index (χ0) is 14.5. The number of rotatable bonds is 4. The molecular formula is C15H18N2OS2. The highest BCUT2D eigenvalue weighted by atomic mass is 32.1. The summed E-state index contributed by atoms with van der Waals surface area (Å²) in [5, 5.41) is 6.04. The monoisotopic (exact) mass is 306 g/mol. The molecule has 0 saturated carbocycles. The second-order valence-electron chi connectivity index (χ2n) is 4.54. The van der Waals surface area contributed by atoms with E-state index < -0.39 is 0 Å². The van der Waals surface area contributed by atoms with Gasteiger partial charge in [0.2, 0.25) is 0 Å². The second kappa shape index (κ2) is 6.72. The highest BCUT2D eigenvalue weighted by Gasteiger charge is 2.08. The molecule has 20 heavy (non-hydrogen) atoms. The molecule has 0 atom stereocenters. The van der Waals surface area contributed by atoms with Crippen LogP contribution in [0.2, 0.25) is 0 Å². The maximum Gasteiger partial charge on any atom is 0.173 e. The molecule has 0 bridgehead atoms. The van der Waals surface area contributed by atoms with Crippen LogP contribution in [0.15, 0.2) is 35.7 Å². The first-order valence-corrected chi connectivity index (χ1v) is 7.58. The second-order valence-corrected chi connectivity index (χ2v) is 5.93. The van der Waals surface area contributed by atoms with E-state index >= 15 is 0 Å². The smallest absolute Gasteiger partial charge is 0.173 e. The Morgan fingerprint density at radius 3 is 2.85 bits per heavy atom. The summed E-state index contributed by atoms with van der Waals surface area (Å²) in [6.45, 7) is 2.94. The summed E-state index contributed by atoms with van der Waals surface area (Å²) in [7, 11) is 3.65. The summed E-state index contributed by atoms with van der Waals surface area (Å²) in [5.41, 5.74) is 2.25. The van der Waals surface area contributed by atoms with Crippen LogP contribution in [0, 0.1) is 6.92 Å². The molecule has 0 saturated heterocycles. The number of nitrogens with zero attached hydrogens (tertiary/aromatic N) is 1. The zero-order valence-electron chi connectivity index (χ0n) is 11.8. The van der Waals surface area contributed by atoms with E-state index in [1.165, 1.54) is 10.4 Å². The van der Waals surface area contributed by atoms with Crippen LogP contribution in [0.25, 0.3) is 0 Å². The van der Waals surface area contributed by atoms with E-state index in [2.05, 4.69) is 23.7 Å². The number of ether oxygens (including phenoxy) is 1. The zero-order valence-corrected chi connectivity index (χ0v) is 13.5. The third-order valence-electron chi connectivity index (χ3n) is 3.02. The van der Waals surface area contributed by atoms with Crippen LogP contribution in [0.1, 0.15) is 10.4 Å². The Labute approximate surface area is 129 Å². The lowest BCUT2D eigenvalue weighted by atomic mass is 10.3. The summed E-state index contributed by atoms with van der Waals surface area (Å²) in [6, 6.07) is 9.88. The van der Waals surface area contributed by atoms with Crippen LogP contribution in [-0.4, -0.2) is 24.2 Å². The first-order valence-electron chi connectivity index (χ1n) is 6.29. The molecule has 1 N–H and O–H groups in total. The Morgan fingerprint density at radius 2 is 2.20 bits per heavy atom. The van der Waals surface area contributed by atoms with E-state index in [9.17, 15) is 0 Å². The van der Waals surface area contributed by atoms with Crippen molar-refractivity contribution in [3.63, 3.8) is 0 Å². The van der Waals surface area contributed by atoms with Crippen LogP contribution in [0.5, 0.6) is 5.75 Å². The Balaban J connectivity index is 1.98. The lowest BCUT2D eigenvalue weighted by Crippen LogP contribution is -2.30. The maximum absolute atomic E-state index is 5.43. The van der Waals surface area contributed by atoms with Gasteiger partial charge in [-0.15, -0.1) is 11.3 Å². The van der Waals surface area contributed by atoms with Crippen LogP contribution in [-0.2, 0) is 6.54 Å². The number of hydrogen-bond acceptors (Lipinski definition) is 3. The third-order valence-corrected chi connectivity index (χ3v) is 4.44. The van der Waals surface area contributed by atoms with Gasteiger partial charge >= 0.3 is 0 Å². The van der Waals surface area contributed by atoms with Gasteiger partial charge in [-0.25, -0.2) is 0 Å². The molecular weight excluding hydrogens is 288 g/mol. The number of methoxy groups -OCH3 is 1. The molecule has 1 heterocycles. The average molecular weight is 306 g/mol. The Bertz CT molecular complexity index is 595. The molecule has 0 fully saturated rings. The van der Waals surface area contributed by atoms with Crippen molar-refractivity contribution in [1.82, 2.24) is 4.90 Å². The molecule has 0 aliphatic rings. The molecule has 0 amide bonds. The highest BCUT2D eigenvalue weighted by molar-refractivity contribution is 7.80. The summed E-state index contributed by atoms with van der Waals surface area (Å²) in [5.74, 6) is 0.814. The van der Waals surface area contributed by atoms with E-state index in [0.717, 1.165) is 18.0 Å². The topological polar surface area (TPSA) is 24.5 Å². The number of aryl methyl sites for hydroxylation is 1. The average Bonchev–Trinajstić information content (AvgIpc) is 2.84. The Hall–Kier alpha value is -1.59. The van der Waals surface area contributed by atoms with Crippen molar-refractivity contribution < 1.29 is 4.74 Å². The van der Waals surface area contributed by atoms with Crippen LogP contribution < -0.4 is 10.1 Å². The van der Waals surface area contributed by atoms with Gasteiger partial charge in [0.05, 0.1) is 13.7 Å². The van der Waals surface area contributed by atoms with Crippen molar-refractivity contribution in [2.24, 2.45) is 0 Å². The normalized spacial score (nSPS) is 10.2. The predicted molar refractivity (Wildman–Crippen MR) is 89.7 cm³/mol. The van der Waals surface area contributed by atoms with Gasteiger partial charge < -0.3 is 15.0 Å². The van der Waals surface area contributed by atoms with Gasteiger partial charge in [-0.1, -0.05) is 6.07 Å². The van der Waals surface area contributed by atoms with Gasteiger partial charge in [-0.2, -0.15) is 0 Å². The summed E-state index contributed by atoms with van der Waals surface area (Å²) < 4.78 is 5.20. The Morgan fingerprint density at radius 1 is 1.40 bits per heavy atom. The van der Waals surface area contributed by atoms with Crippen molar-refractivity contribution in [3.05, 3.63) is 46.2 Å². The fourth-order valence-electron chi connectivity index (χ4n) is 1.77. The maximum atomic E-state index is 5.43. The minimum Gasteiger partial charge on any atom is -0.497 e. The molecule has 2 rings (SSSR count). The number of thiocarbonyl (C=S) groups is 1. The van der Waals surface area contributed by atoms with Gasteiger partial charge in [0, 0.05) is 23.7 Å². The summed E-state index contributed by atoms with van der Waals surface area (Å²) in [4.78, 5) is 3.37. The van der Waals surface area contributed by atoms with E-state index in [1.54, 1.807) is 18.4 Å².